The van der Waals surface area contributed by atoms with Crippen LogP contribution in [0, 0.1) is 12.8 Å². The first-order valence-corrected chi connectivity index (χ1v) is 9.64. The van der Waals surface area contributed by atoms with Crippen LogP contribution in [-0.4, -0.2) is 46.6 Å². The van der Waals surface area contributed by atoms with Gasteiger partial charge in [-0.25, -0.2) is 4.98 Å². The SMILES string of the molecule is CCNC(=NCCCn1c(C)nc2ccccc21)N1CCCC(C)C1.I. The molecule has 0 radical (unpaired) electrons. The molecule has 2 aromatic rings. The Labute approximate surface area is 174 Å². The van der Waals surface area contributed by atoms with E-state index in [1.165, 1.54) is 18.4 Å². The predicted molar refractivity (Wildman–Crippen MR) is 120 cm³/mol. The van der Waals surface area contributed by atoms with Crippen LogP contribution >= 0.6 is 24.0 Å². The van der Waals surface area contributed by atoms with Gasteiger partial charge in [0.1, 0.15) is 5.82 Å². The fourth-order valence-electron chi connectivity index (χ4n) is 3.70. The molecule has 0 bridgehead atoms. The van der Waals surface area contributed by atoms with E-state index >= 15 is 0 Å². The Morgan fingerprint density at radius 3 is 2.92 bits per heavy atom. The van der Waals surface area contributed by atoms with Crippen molar-refractivity contribution < 1.29 is 0 Å². The first-order valence-electron chi connectivity index (χ1n) is 9.64. The molecular weight excluding hydrogens is 437 g/mol. The van der Waals surface area contributed by atoms with Crippen LogP contribution in [0.25, 0.3) is 11.0 Å². The molecule has 0 spiro atoms. The van der Waals surface area contributed by atoms with Gasteiger partial charge in [-0.3, -0.25) is 4.99 Å². The number of piperidine rings is 1. The molecule has 144 valence electrons. The highest BCUT2D eigenvalue weighted by molar-refractivity contribution is 14.0. The molecule has 6 heteroatoms. The molecule has 2 heterocycles. The van der Waals surface area contributed by atoms with Gasteiger partial charge >= 0.3 is 0 Å². The largest absolute Gasteiger partial charge is 0.357 e. The van der Waals surface area contributed by atoms with E-state index < -0.39 is 0 Å². The number of para-hydroxylation sites is 2. The molecule has 1 aromatic carbocycles. The van der Waals surface area contributed by atoms with Crippen molar-refractivity contribution in [3.05, 3.63) is 30.1 Å². The fraction of sp³-hybridized carbons (Fsp3) is 0.600. The first kappa shape index (κ1) is 21.0. The molecule has 0 saturated carbocycles. The van der Waals surface area contributed by atoms with Gasteiger partial charge in [0.25, 0.3) is 0 Å². The van der Waals surface area contributed by atoms with Gasteiger partial charge < -0.3 is 14.8 Å². The molecule has 1 N–H and O–H groups in total. The summed E-state index contributed by atoms with van der Waals surface area (Å²) < 4.78 is 2.31. The van der Waals surface area contributed by atoms with E-state index in [0.29, 0.717) is 0 Å². The molecule has 3 rings (SSSR count). The van der Waals surface area contributed by atoms with Crippen molar-refractivity contribution in [2.24, 2.45) is 10.9 Å². The summed E-state index contributed by atoms with van der Waals surface area (Å²) >= 11 is 0. The number of benzene rings is 1. The van der Waals surface area contributed by atoms with E-state index in [9.17, 15) is 0 Å². The van der Waals surface area contributed by atoms with Crippen LogP contribution in [-0.2, 0) is 6.54 Å². The third kappa shape index (κ3) is 5.11. The molecule has 0 amide bonds. The summed E-state index contributed by atoms with van der Waals surface area (Å²) in [5, 5.41) is 3.46. The number of nitrogens with one attached hydrogen (secondary N) is 1. The van der Waals surface area contributed by atoms with E-state index in [4.69, 9.17) is 4.99 Å². The van der Waals surface area contributed by atoms with Crippen molar-refractivity contribution in [2.45, 2.75) is 46.6 Å². The second-order valence-corrected chi connectivity index (χ2v) is 7.08. The number of halogens is 1. The van der Waals surface area contributed by atoms with Gasteiger partial charge in [0, 0.05) is 32.7 Å². The Morgan fingerprint density at radius 1 is 1.35 bits per heavy atom. The van der Waals surface area contributed by atoms with E-state index in [0.717, 1.165) is 62.4 Å². The van der Waals surface area contributed by atoms with Crippen molar-refractivity contribution in [2.75, 3.05) is 26.2 Å². The third-order valence-electron chi connectivity index (χ3n) is 4.94. The Bertz CT molecular complexity index is 724. The van der Waals surface area contributed by atoms with Crippen LogP contribution in [0.2, 0.25) is 0 Å². The van der Waals surface area contributed by atoms with Crippen LogP contribution in [0.15, 0.2) is 29.3 Å². The summed E-state index contributed by atoms with van der Waals surface area (Å²) in [5.74, 6) is 2.93. The van der Waals surface area contributed by atoms with Gasteiger partial charge in [-0.1, -0.05) is 19.1 Å². The summed E-state index contributed by atoms with van der Waals surface area (Å²) in [6.45, 7) is 11.5. The number of fused-ring (bicyclic) bond motifs is 1. The standard InChI is InChI=1S/C20H31N5.HI/c1-4-21-20(24-13-7-9-16(2)15-24)22-12-8-14-25-17(3)23-18-10-5-6-11-19(18)25;/h5-6,10-11,16H,4,7-9,12-15H2,1-3H3,(H,21,22);1H. The van der Waals surface area contributed by atoms with Gasteiger partial charge in [-0.2, -0.15) is 0 Å². The molecule has 1 aromatic heterocycles. The second kappa shape index (κ2) is 10.1. The monoisotopic (exact) mass is 469 g/mol. The number of aliphatic imine (C=N–C) groups is 1. The molecule has 1 unspecified atom stereocenters. The summed E-state index contributed by atoms with van der Waals surface area (Å²) in [5.41, 5.74) is 2.31. The molecule has 1 saturated heterocycles. The van der Waals surface area contributed by atoms with Crippen LogP contribution in [0.3, 0.4) is 0 Å². The smallest absolute Gasteiger partial charge is 0.193 e. The zero-order valence-electron chi connectivity index (χ0n) is 16.2. The number of guanidine groups is 1. The summed E-state index contributed by atoms with van der Waals surface area (Å²) in [4.78, 5) is 11.9. The molecular formula is C20H32IN5. The number of likely N-dealkylation sites (tertiary alicyclic amines) is 1. The molecule has 0 aliphatic carbocycles. The number of aryl methyl sites for hydroxylation is 2. The minimum absolute atomic E-state index is 0. The Morgan fingerprint density at radius 2 is 2.15 bits per heavy atom. The lowest BCUT2D eigenvalue weighted by atomic mass is 10.0. The molecule has 1 aliphatic heterocycles. The topological polar surface area (TPSA) is 45.5 Å². The maximum Gasteiger partial charge on any atom is 0.193 e. The van der Waals surface area contributed by atoms with Crippen LogP contribution in [0.4, 0.5) is 0 Å². The normalized spacial score (nSPS) is 18.0. The predicted octanol–water partition coefficient (Wildman–Crippen LogP) is 4.05. The highest BCUT2D eigenvalue weighted by atomic mass is 127. The number of hydrogen-bond acceptors (Lipinski definition) is 2. The van der Waals surface area contributed by atoms with Gasteiger partial charge in [0.15, 0.2) is 5.96 Å². The molecule has 26 heavy (non-hydrogen) atoms. The van der Waals surface area contributed by atoms with Crippen LogP contribution in [0.5, 0.6) is 0 Å². The van der Waals surface area contributed by atoms with Gasteiger partial charge in [0.2, 0.25) is 0 Å². The van der Waals surface area contributed by atoms with Gasteiger partial charge in [-0.05, 0) is 51.2 Å². The van der Waals surface area contributed by atoms with Crippen molar-refractivity contribution >= 4 is 41.0 Å². The Balaban J connectivity index is 0.00000243. The maximum atomic E-state index is 4.88. The minimum Gasteiger partial charge on any atom is -0.357 e. The lowest BCUT2D eigenvalue weighted by Gasteiger charge is -2.33. The minimum atomic E-state index is 0. The molecule has 1 aliphatic rings. The Kier molecular flexibility index (Phi) is 8.18. The van der Waals surface area contributed by atoms with E-state index in [2.05, 4.69) is 58.7 Å². The number of aromatic nitrogens is 2. The van der Waals surface area contributed by atoms with Crippen molar-refractivity contribution in [3.8, 4) is 0 Å². The van der Waals surface area contributed by atoms with Gasteiger partial charge in [-0.15, -0.1) is 24.0 Å². The quantitative estimate of drug-likeness (QED) is 0.311. The molecule has 5 nitrogen and oxygen atoms in total. The zero-order valence-corrected chi connectivity index (χ0v) is 18.6. The highest BCUT2D eigenvalue weighted by Crippen LogP contribution is 2.17. The lowest BCUT2D eigenvalue weighted by Crippen LogP contribution is -2.46. The Hall–Kier alpha value is -1.31. The van der Waals surface area contributed by atoms with E-state index in [-0.39, 0.29) is 24.0 Å². The average molecular weight is 469 g/mol. The molecule has 1 fully saturated rings. The van der Waals surface area contributed by atoms with Crippen LogP contribution < -0.4 is 5.32 Å². The number of imidazole rings is 1. The maximum absolute atomic E-state index is 4.88. The van der Waals surface area contributed by atoms with Gasteiger partial charge in [0.05, 0.1) is 11.0 Å². The third-order valence-corrected chi connectivity index (χ3v) is 4.94. The molecule has 1 atom stereocenters. The van der Waals surface area contributed by atoms with Crippen molar-refractivity contribution in [1.29, 1.82) is 0 Å². The van der Waals surface area contributed by atoms with Crippen molar-refractivity contribution in [1.82, 2.24) is 19.8 Å². The fourth-order valence-corrected chi connectivity index (χ4v) is 3.70. The number of rotatable bonds is 5. The lowest BCUT2D eigenvalue weighted by molar-refractivity contribution is 0.266. The second-order valence-electron chi connectivity index (χ2n) is 7.08. The number of hydrogen-bond donors (Lipinski definition) is 1. The average Bonchev–Trinajstić information content (AvgIpc) is 2.93. The summed E-state index contributed by atoms with van der Waals surface area (Å²) in [7, 11) is 0. The van der Waals surface area contributed by atoms with Crippen LogP contribution in [0.1, 0.15) is 38.9 Å². The van der Waals surface area contributed by atoms with Crippen molar-refractivity contribution in [3.63, 3.8) is 0 Å². The summed E-state index contributed by atoms with van der Waals surface area (Å²) in [6.07, 6.45) is 3.63. The number of nitrogens with zero attached hydrogens (tertiary/aromatic N) is 4. The first-order chi connectivity index (χ1) is 12.2. The van der Waals surface area contributed by atoms with E-state index in [1.807, 2.05) is 6.07 Å². The zero-order chi connectivity index (χ0) is 17.6. The summed E-state index contributed by atoms with van der Waals surface area (Å²) in [6, 6.07) is 8.36. The highest BCUT2D eigenvalue weighted by Gasteiger charge is 2.18. The van der Waals surface area contributed by atoms with E-state index in [1.54, 1.807) is 0 Å².